The fourth-order valence-electron chi connectivity index (χ4n) is 2.44. The maximum Gasteiger partial charge on any atom is 0.177 e. The third-order valence-electron chi connectivity index (χ3n) is 3.41. The molecule has 0 N–H and O–H groups in total. The van der Waals surface area contributed by atoms with Crippen LogP contribution in [0.25, 0.3) is 0 Å². The molecular weight excluding hydrogens is 272 g/mol. The summed E-state index contributed by atoms with van der Waals surface area (Å²) in [5.41, 5.74) is 0.181. The van der Waals surface area contributed by atoms with Gasteiger partial charge in [-0.25, -0.2) is 0 Å². The average molecular weight is 287 g/mol. The van der Waals surface area contributed by atoms with E-state index in [-0.39, 0.29) is 11.3 Å². The van der Waals surface area contributed by atoms with E-state index in [0.29, 0.717) is 5.78 Å². The first-order valence-corrected chi connectivity index (χ1v) is 6.97. The first kappa shape index (κ1) is 11.3. The second-order valence-electron chi connectivity index (χ2n) is 4.90. The Morgan fingerprint density at radius 1 is 1.60 bits per heavy atom. The van der Waals surface area contributed by atoms with Gasteiger partial charge in [-0.2, -0.15) is 0 Å². The highest BCUT2D eigenvalue weighted by atomic mass is 79.9. The molecule has 82 valence electrons. The summed E-state index contributed by atoms with van der Waals surface area (Å²) in [6.07, 6.45) is 3.41. The van der Waals surface area contributed by atoms with E-state index >= 15 is 0 Å². The molecule has 0 bridgehead atoms. The second kappa shape index (κ2) is 4.02. The lowest BCUT2D eigenvalue weighted by Gasteiger charge is -2.25. The van der Waals surface area contributed by atoms with Crippen molar-refractivity contribution in [1.29, 1.82) is 0 Å². The molecule has 1 fully saturated rings. The van der Waals surface area contributed by atoms with Crippen LogP contribution in [-0.2, 0) is 0 Å². The van der Waals surface area contributed by atoms with Crippen LogP contribution in [0, 0.1) is 11.3 Å². The molecule has 2 rings (SSSR count). The smallest absolute Gasteiger partial charge is 0.177 e. The summed E-state index contributed by atoms with van der Waals surface area (Å²) in [4.78, 5) is 13.2. The number of hydrogen-bond acceptors (Lipinski definition) is 2. The summed E-state index contributed by atoms with van der Waals surface area (Å²) in [6, 6.07) is 1.96. The lowest BCUT2D eigenvalue weighted by atomic mass is 9.79. The van der Waals surface area contributed by atoms with E-state index in [9.17, 15) is 4.79 Å². The quantitative estimate of drug-likeness (QED) is 0.731. The van der Waals surface area contributed by atoms with Gasteiger partial charge in [0, 0.05) is 10.4 Å². The van der Waals surface area contributed by atoms with Crippen LogP contribution >= 0.6 is 27.3 Å². The monoisotopic (exact) mass is 286 g/mol. The Morgan fingerprint density at radius 2 is 2.33 bits per heavy atom. The molecule has 1 aromatic rings. The van der Waals surface area contributed by atoms with Crippen molar-refractivity contribution in [3.05, 3.63) is 20.8 Å². The van der Waals surface area contributed by atoms with Crippen molar-refractivity contribution in [3.8, 4) is 0 Å². The van der Waals surface area contributed by atoms with Crippen LogP contribution in [0.1, 0.15) is 42.8 Å². The number of rotatable bonds is 2. The molecule has 0 spiro atoms. The zero-order valence-electron chi connectivity index (χ0n) is 9.05. The number of Topliss-reactive ketones (excluding diaryl/α,β-unsaturated/α-hetero) is 1. The lowest BCUT2D eigenvalue weighted by Crippen LogP contribution is -2.25. The largest absolute Gasteiger partial charge is 0.293 e. The van der Waals surface area contributed by atoms with Gasteiger partial charge in [-0.05, 0) is 45.6 Å². The molecule has 1 nitrogen and oxygen atoms in total. The van der Waals surface area contributed by atoms with Gasteiger partial charge in [0.25, 0.3) is 0 Å². The minimum atomic E-state index is 0.181. The number of thiophene rings is 1. The van der Waals surface area contributed by atoms with Gasteiger partial charge < -0.3 is 0 Å². The van der Waals surface area contributed by atoms with E-state index in [2.05, 4.69) is 29.8 Å². The molecule has 1 aliphatic carbocycles. The van der Waals surface area contributed by atoms with Crippen molar-refractivity contribution in [2.75, 3.05) is 0 Å². The van der Waals surface area contributed by atoms with Crippen LogP contribution in [0.3, 0.4) is 0 Å². The van der Waals surface area contributed by atoms with Crippen LogP contribution in [-0.4, -0.2) is 5.78 Å². The first-order chi connectivity index (χ1) is 7.02. The molecule has 1 aromatic heterocycles. The highest BCUT2D eigenvalue weighted by molar-refractivity contribution is 9.10. The van der Waals surface area contributed by atoms with Crippen molar-refractivity contribution in [2.45, 2.75) is 33.1 Å². The van der Waals surface area contributed by atoms with Crippen LogP contribution in [0.2, 0.25) is 0 Å². The zero-order valence-corrected chi connectivity index (χ0v) is 11.5. The van der Waals surface area contributed by atoms with Crippen LogP contribution in [0.5, 0.6) is 0 Å². The van der Waals surface area contributed by atoms with E-state index in [0.717, 1.165) is 15.8 Å². The molecule has 1 aliphatic rings. The Bertz CT molecular complexity index is 381. The van der Waals surface area contributed by atoms with Gasteiger partial charge in [0.05, 0.1) is 4.88 Å². The van der Waals surface area contributed by atoms with Crippen molar-refractivity contribution in [3.63, 3.8) is 0 Å². The van der Waals surface area contributed by atoms with Crippen molar-refractivity contribution in [2.24, 2.45) is 11.3 Å². The van der Waals surface area contributed by atoms with Crippen molar-refractivity contribution < 1.29 is 4.79 Å². The summed E-state index contributed by atoms with van der Waals surface area (Å²) in [5.74, 6) is 0.548. The molecule has 0 amide bonds. The fourth-order valence-corrected chi connectivity index (χ4v) is 4.00. The summed E-state index contributed by atoms with van der Waals surface area (Å²) in [5, 5.41) is 1.97. The summed E-state index contributed by atoms with van der Waals surface area (Å²) < 4.78 is 0.959. The Morgan fingerprint density at radius 3 is 2.80 bits per heavy atom. The zero-order chi connectivity index (χ0) is 11.1. The SMILES string of the molecule is CC1(C)CCCC1C(=O)c1sccc1Br. The molecule has 1 heterocycles. The number of halogens is 1. The molecule has 1 unspecified atom stereocenters. The summed E-state index contributed by atoms with van der Waals surface area (Å²) in [6.45, 7) is 4.42. The third kappa shape index (κ3) is 2.04. The highest BCUT2D eigenvalue weighted by Crippen LogP contribution is 2.45. The fraction of sp³-hybridized carbons (Fsp3) is 0.583. The summed E-state index contributed by atoms with van der Waals surface area (Å²) in [7, 11) is 0. The van der Waals surface area contributed by atoms with Gasteiger partial charge in [0.15, 0.2) is 5.78 Å². The van der Waals surface area contributed by atoms with Crippen molar-refractivity contribution in [1.82, 2.24) is 0 Å². The topological polar surface area (TPSA) is 17.1 Å². The Hall–Kier alpha value is -0.150. The van der Waals surface area contributed by atoms with Gasteiger partial charge in [-0.15, -0.1) is 11.3 Å². The van der Waals surface area contributed by atoms with Gasteiger partial charge in [-0.3, -0.25) is 4.79 Å². The lowest BCUT2D eigenvalue weighted by molar-refractivity contribution is 0.0843. The standard InChI is InChI=1S/C12H15BrOS/c1-12(2)6-3-4-8(12)10(14)11-9(13)5-7-15-11/h5,7-8H,3-4,6H2,1-2H3. The van der Waals surface area contributed by atoms with Crippen LogP contribution < -0.4 is 0 Å². The Balaban J connectivity index is 2.26. The number of carbonyl (C=O) groups excluding carboxylic acids is 1. The second-order valence-corrected chi connectivity index (χ2v) is 6.67. The molecule has 0 radical (unpaired) electrons. The Labute approximate surface area is 103 Å². The maximum absolute atomic E-state index is 12.3. The van der Waals surface area contributed by atoms with Crippen LogP contribution in [0.15, 0.2) is 15.9 Å². The minimum absolute atomic E-state index is 0.181. The number of hydrogen-bond donors (Lipinski definition) is 0. The summed E-state index contributed by atoms with van der Waals surface area (Å²) >= 11 is 4.99. The van der Waals surface area contributed by atoms with E-state index in [1.165, 1.54) is 12.8 Å². The van der Waals surface area contributed by atoms with E-state index in [1.807, 2.05) is 11.4 Å². The third-order valence-corrected chi connectivity index (χ3v) is 5.27. The predicted molar refractivity (Wildman–Crippen MR) is 67.5 cm³/mol. The van der Waals surface area contributed by atoms with E-state index in [4.69, 9.17) is 0 Å². The van der Waals surface area contributed by atoms with Gasteiger partial charge in [0.1, 0.15) is 0 Å². The predicted octanol–water partition coefficient (Wildman–Crippen LogP) is 4.52. The molecule has 0 aromatic carbocycles. The maximum atomic E-state index is 12.3. The van der Waals surface area contributed by atoms with Gasteiger partial charge in [0.2, 0.25) is 0 Å². The molecule has 0 saturated heterocycles. The number of carbonyl (C=O) groups is 1. The van der Waals surface area contributed by atoms with Crippen LogP contribution in [0.4, 0.5) is 0 Å². The Kier molecular flexibility index (Phi) is 3.04. The molecular formula is C12H15BrOS. The van der Waals surface area contributed by atoms with Gasteiger partial charge in [-0.1, -0.05) is 20.3 Å². The van der Waals surface area contributed by atoms with E-state index < -0.39 is 0 Å². The first-order valence-electron chi connectivity index (χ1n) is 5.29. The van der Waals surface area contributed by atoms with Gasteiger partial charge >= 0.3 is 0 Å². The number of ketones is 1. The molecule has 15 heavy (non-hydrogen) atoms. The highest BCUT2D eigenvalue weighted by Gasteiger charge is 2.40. The van der Waals surface area contributed by atoms with E-state index in [1.54, 1.807) is 11.3 Å². The normalized spacial score (nSPS) is 24.3. The molecule has 1 atom stereocenters. The molecule has 3 heteroatoms. The minimum Gasteiger partial charge on any atom is -0.293 e. The molecule has 1 saturated carbocycles. The molecule has 0 aliphatic heterocycles. The van der Waals surface area contributed by atoms with Crippen molar-refractivity contribution >= 4 is 33.0 Å². The average Bonchev–Trinajstić information content (AvgIpc) is 2.70.